The second-order valence-electron chi connectivity index (χ2n) is 8.43. The van der Waals surface area contributed by atoms with Gasteiger partial charge in [0.2, 0.25) is 5.91 Å². The Kier molecular flexibility index (Phi) is 20.7. The van der Waals surface area contributed by atoms with Crippen molar-refractivity contribution >= 4 is 17.8 Å². The van der Waals surface area contributed by atoms with Gasteiger partial charge in [0.1, 0.15) is 6.04 Å². The maximum absolute atomic E-state index is 12.2. The zero-order valence-electron chi connectivity index (χ0n) is 20.6. The van der Waals surface area contributed by atoms with Gasteiger partial charge in [-0.1, -0.05) is 70.4 Å². The summed E-state index contributed by atoms with van der Waals surface area (Å²) < 4.78 is 4.78. The highest BCUT2D eigenvalue weighted by Crippen LogP contribution is 2.10. The summed E-state index contributed by atoms with van der Waals surface area (Å²) >= 11 is 0. The fourth-order valence-corrected chi connectivity index (χ4v) is 3.52. The van der Waals surface area contributed by atoms with Crippen LogP contribution in [0, 0.1) is 0 Å². The lowest BCUT2D eigenvalue weighted by Crippen LogP contribution is -2.41. The third-order valence-electron chi connectivity index (χ3n) is 5.43. The number of allylic oxidation sites excluding steroid dienone is 2. The normalized spacial score (nSPS) is 11.9. The Morgan fingerprint density at radius 1 is 0.875 bits per heavy atom. The highest BCUT2D eigenvalue weighted by Gasteiger charge is 2.20. The number of hydrogen-bond acceptors (Lipinski definition) is 4. The van der Waals surface area contributed by atoms with Gasteiger partial charge in [-0.3, -0.25) is 9.79 Å². The number of carbonyl (C=O) groups is 2. The van der Waals surface area contributed by atoms with Crippen LogP contribution in [-0.4, -0.2) is 37.5 Å². The molecule has 0 aliphatic rings. The number of nitrogens with two attached hydrogens (primary N) is 2. The van der Waals surface area contributed by atoms with E-state index in [4.69, 9.17) is 16.2 Å². The van der Waals surface area contributed by atoms with Gasteiger partial charge in [0.05, 0.1) is 7.11 Å². The highest BCUT2D eigenvalue weighted by atomic mass is 16.5. The molecule has 1 atom stereocenters. The first kappa shape index (κ1) is 29.9. The largest absolute Gasteiger partial charge is 0.467 e. The number of amides is 1. The summed E-state index contributed by atoms with van der Waals surface area (Å²) in [5, 5.41) is 2.77. The van der Waals surface area contributed by atoms with Gasteiger partial charge in [0.15, 0.2) is 5.96 Å². The summed E-state index contributed by atoms with van der Waals surface area (Å²) in [7, 11) is 1.32. The smallest absolute Gasteiger partial charge is 0.328 e. The summed E-state index contributed by atoms with van der Waals surface area (Å²) in [6.07, 6.45) is 22.0. The van der Waals surface area contributed by atoms with Crippen molar-refractivity contribution in [2.45, 2.75) is 116 Å². The predicted octanol–water partition coefficient (Wildman–Crippen LogP) is 4.74. The molecule has 0 aromatic rings. The first-order valence-corrected chi connectivity index (χ1v) is 12.6. The van der Waals surface area contributed by atoms with Crippen molar-refractivity contribution in [3.05, 3.63) is 12.2 Å². The van der Waals surface area contributed by atoms with E-state index in [1.165, 1.54) is 64.9 Å². The van der Waals surface area contributed by atoms with E-state index in [-0.39, 0.29) is 11.9 Å². The van der Waals surface area contributed by atoms with Gasteiger partial charge in [-0.05, 0) is 44.9 Å². The number of esters is 1. The monoisotopic (exact) mass is 452 g/mol. The fourth-order valence-electron chi connectivity index (χ4n) is 3.52. The molecule has 1 amide bonds. The Morgan fingerprint density at radius 3 is 2.00 bits per heavy atom. The van der Waals surface area contributed by atoms with Crippen LogP contribution in [-0.2, 0) is 14.3 Å². The molecule has 0 saturated heterocycles. The average molecular weight is 453 g/mol. The van der Waals surface area contributed by atoms with Crippen LogP contribution in [0.25, 0.3) is 0 Å². The zero-order valence-corrected chi connectivity index (χ0v) is 20.6. The number of guanidine groups is 1. The molecule has 0 unspecified atom stereocenters. The topological polar surface area (TPSA) is 120 Å². The Bertz CT molecular complexity index is 531. The minimum Gasteiger partial charge on any atom is -0.467 e. The van der Waals surface area contributed by atoms with Crippen molar-refractivity contribution in [3.8, 4) is 0 Å². The Balaban J connectivity index is 3.72. The van der Waals surface area contributed by atoms with E-state index in [1.807, 2.05) is 0 Å². The molecule has 0 aromatic heterocycles. The molecule has 0 fully saturated rings. The molecule has 186 valence electrons. The van der Waals surface area contributed by atoms with Crippen LogP contribution in [0.3, 0.4) is 0 Å². The van der Waals surface area contributed by atoms with Crippen molar-refractivity contribution in [3.63, 3.8) is 0 Å². The molecule has 7 nitrogen and oxygen atoms in total. The van der Waals surface area contributed by atoms with Crippen molar-refractivity contribution in [2.24, 2.45) is 16.5 Å². The number of carbonyl (C=O) groups excluding carboxylic acids is 2. The average Bonchev–Trinajstić information content (AvgIpc) is 2.77. The SMILES string of the molecule is CCCCCCCC/C=C\CCCCCCCC(=O)N[C@@H](CCCN=C(N)N)C(=O)OC. The van der Waals surface area contributed by atoms with Crippen LogP contribution in [0.4, 0.5) is 0 Å². The van der Waals surface area contributed by atoms with Crippen LogP contribution in [0.5, 0.6) is 0 Å². The van der Waals surface area contributed by atoms with Gasteiger partial charge in [0.25, 0.3) is 0 Å². The van der Waals surface area contributed by atoms with Gasteiger partial charge >= 0.3 is 5.97 Å². The number of methoxy groups -OCH3 is 1. The third kappa shape index (κ3) is 19.9. The molecule has 0 aliphatic heterocycles. The third-order valence-corrected chi connectivity index (χ3v) is 5.43. The van der Waals surface area contributed by atoms with E-state index in [2.05, 4.69) is 29.4 Å². The van der Waals surface area contributed by atoms with Crippen molar-refractivity contribution in [1.82, 2.24) is 5.32 Å². The molecule has 0 radical (unpaired) electrons. The van der Waals surface area contributed by atoms with Crippen molar-refractivity contribution < 1.29 is 14.3 Å². The van der Waals surface area contributed by atoms with Crippen molar-refractivity contribution in [2.75, 3.05) is 13.7 Å². The molecule has 0 bridgehead atoms. The summed E-state index contributed by atoms with van der Waals surface area (Å²) in [5.41, 5.74) is 10.6. The first-order valence-electron chi connectivity index (χ1n) is 12.6. The van der Waals surface area contributed by atoms with Gasteiger partial charge in [-0.25, -0.2) is 4.79 Å². The van der Waals surface area contributed by atoms with E-state index in [0.717, 1.165) is 25.7 Å². The zero-order chi connectivity index (χ0) is 23.9. The van der Waals surface area contributed by atoms with Gasteiger partial charge in [0, 0.05) is 13.0 Å². The van der Waals surface area contributed by atoms with Gasteiger partial charge in [-0.2, -0.15) is 0 Å². The molecule has 0 spiro atoms. The molecule has 0 saturated carbocycles. The molecule has 32 heavy (non-hydrogen) atoms. The molecular weight excluding hydrogens is 404 g/mol. The van der Waals surface area contributed by atoms with Gasteiger partial charge in [-0.15, -0.1) is 0 Å². The van der Waals surface area contributed by atoms with Crippen molar-refractivity contribution in [1.29, 1.82) is 0 Å². The number of unbranched alkanes of at least 4 members (excludes halogenated alkanes) is 11. The first-order chi connectivity index (χ1) is 15.5. The summed E-state index contributed by atoms with van der Waals surface area (Å²) in [4.78, 5) is 27.9. The number of nitrogens with one attached hydrogen (secondary N) is 1. The molecule has 0 aliphatic carbocycles. The number of ether oxygens (including phenoxy) is 1. The molecule has 0 aromatic carbocycles. The lowest BCUT2D eigenvalue weighted by Gasteiger charge is -2.16. The maximum Gasteiger partial charge on any atom is 0.328 e. The van der Waals surface area contributed by atoms with E-state index in [0.29, 0.717) is 25.8 Å². The number of hydrogen-bond donors (Lipinski definition) is 3. The predicted molar refractivity (Wildman–Crippen MR) is 133 cm³/mol. The molecule has 7 heteroatoms. The van der Waals surface area contributed by atoms with Crippen LogP contribution in [0.1, 0.15) is 110 Å². The Labute approximate surface area is 195 Å². The summed E-state index contributed by atoms with van der Waals surface area (Å²) in [5.74, 6) is -0.527. The highest BCUT2D eigenvalue weighted by molar-refractivity contribution is 5.84. The Hall–Kier alpha value is -2.05. The van der Waals surface area contributed by atoms with Crippen LogP contribution >= 0.6 is 0 Å². The number of nitrogens with zero attached hydrogens (tertiary/aromatic N) is 1. The van der Waals surface area contributed by atoms with Crippen LogP contribution in [0.2, 0.25) is 0 Å². The summed E-state index contributed by atoms with van der Waals surface area (Å²) in [6, 6.07) is -0.648. The number of rotatable bonds is 21. The fraction of sp³-hybridized carbons (Fsp3) is 0.800. The van der Waals surface area contributed by atoms with E-state index in [1.54, 1.807) is 0 Å². The van der Waals surface area contributed by atoms with E-state index in [9.17, 15) is 9.59 Å². The molecule has 0 heterocycles. The van der Waals surface area contributed by atoms with Crippen LogP contribution in [0.15, 0.2) is 17.1 Å². The summed E-state index contributed by atoms with van der Waals surface area (Å²) in [6.45, 7) is 2.67. The Morgan fingerprint density at radius 2 is 1.44 bits per heavy atom. The number of aliphatic imine (C=N–C) groups is 1. The molecule has 0 rings (SSSR count). The standard InChI is InChI=1S/C25H48N4O3/c1-3-4-5-6-7-8-9-10-11-12-13-14-15-16-17-20-23(30)29-22(24(31)32-2)19-18-21-28-25(26)27/h10-11,22H,3-9,12-21H2,1-2H3,(H,29,30)(H4,26,27,28)/b11-10-/t22-/m0/s1. The van der Waals surface area contributed by atoms with E-state index < -0.39 is 12.0 Å². The minimum absolute atomic E-state index is 0.0211. The molecule has 5 N–H and O–H groups in total. The lowest BCUT2D eigenvalue weighted by molar-refractivity contribution is -0.145. The minimum atomic E-state index is -0.648. The quantitative estimate of drug-likeness (QED) is 0.0764. The second-order valence-corrected chi connectivity index (χ2v) is 8.43. The van der Waals surface area contributed by atoms with Gasteiger partial charge < -0.3 is 21.5 Å². The lowest BCUT2D eigenvalue weighted by atomic mass is 10.1. The molecular formula is C25H48N4O3. The second kappa shape index (κ2) is 22.2. The van der Waals surface area contributed by atoms with Crippen LogP contribution < -0.4 is 16.8 Å². The van der Waals surface area contributed by atoms with E-state index >= 15 is 0 Å². The maximum atomic E-state index is 12.2.